The smallest absolute Gasteiger partial charge is 0.251 e. The van der Waals surface area contributed by atoms with Gasteiger partial charge in [0.15, 0.2) is 11.5 Å². The van der Waals surface area contributed by atoms with Gasteiger partial charge in [0.05, 0.1) is 13.7 Å². The lowest BCUT2D eigenvalue weighted by Crippen LogP contribution is -2.47. The first-order chi connectivity index (χ1) is 17.9. The predicted octanol–water partition coefficient (Wildman–Crippen LogP) is 4.73. The van der Waals surface area contributed by atoms with Crippen molar-refractivity contribution in [3.05, 3.63) is 57.6 Å². The van der Waals surface area contributed by atoms with E-state index in [4.69, 9.17) is 32.7 Å². The van der Waals surface area contributed by atoms with Crippen LogP contribution >= 0.6 is 23.2 Å². The Balaban J connectivity index is 1.43. The van der Waals surface area contributed by atoms with Crippen LogP contribution in [0.1, 0.15) is 48.0 Å². The van der Waals surface area contributed by atoms with Crippen molar-refractivity contribution >= 4 is 35.0 Å². The summed E-state index contributed by atoms with van der Waals surface area (Å²) in [5.74, 6) is 1.19. The number of ether oxygens (including phenoxy) is 2. The van der Waals surface area contributed by atoms with Crippen molar-refractivity contribution in [3.63, 3.8) is 0 Å². The summed E-state index contributed by atoms with van der Waals surface area (Å²) in [6.45, 7) is 3.77. The molecule has 2 saturated heterocycles. The van der Waals surface area contributed by atoms with E-state index >= 15 is 0 Å². The first-order valence-corrected chi connectivity index (χ1v) is 13.7. The molecule has 1 atom stereocenters. The Morgan fingerprint density at radius 1 is 1.08 bits per heavy atom. The van der Waals surface area contributed by atoms with Crippen LogP contribution in [0.4, 0.5) is 0 Å². The molecule has 2 fully saturated rings. The lowest BCUT2D eigenvalue weighted by Gasteiger charge is -2.32. The molecule has 0 aromatic heterocycles. The van der Waals surface area contributed by atoms with Gasteiger partial charge in [-0.05, 0) is 80.6 Å². The van der Waals surface area contributed by atoms with Gasteiger partial charge in [0.1, 0.15) is 0 Å². The number of halogens is 2. The molecule has 2 aromatic rings. The topological polar surface area (TPSA) is 79.9 Å². The standard InChI is InChI=1S/C28H35Cl2N3O4/c1-36-25-7-5-21(16-26(25)37-15-10-19-4-6-22(29)17-23(19)30)28(35)32-24(20-8-11-31-12-9-20)18-27(34)33-13-2-3-14-33/h4-7,16-17,20,24,31H,2-3,8-15,18H2,1H3,(H,32,35). The maximum atomic E-state index is 13.3. The minimum absolute atomic E-state index is 0.126. The van der Waals surface area contributed by atoms with Gasteiger partial charge in [-0.15, -0.1) is 0 Å². The maximum absolute atomic E-state index is 13.3. The van der Waals surface area contributed by atoms with Gasteiger partial charge >= 0.3 is 0 Å². The number of piperidine rings is 1. The van der Waals surface area contributed by atoms with Gasteiger partial charge in [0, 0.05) is 47.6 Å². The van der Waals surface area contributed by atoms with Crippen LogP contribution in [-0.2, 0) is 11.2 Å². The van der Waals surface area contributed by atoms with Crippen LogP contribution in [0.15, 0.2) is 36.4 Å². The SMILES string of the molecule is COc1ccc(C(=O)NC(CC(=O)N2CCCC2)C2CCNCC2)cc1OCCc1ccc(Cl)cc1Cl. The van der Waals surface area contributed by atoms with E-state index in [1.54, 1.807) is 37.4 Å². The third kappa shape index (κ3) is 7.53. The van der Waals surface area contributed by atoms with Crippen molar-refractivity contribution in [1.82, 2.24) is 15.5 Å². The average molecular weight is 549 g/mol. The highest BCUT2D eigenvalue weighted by Crippen LogP contribution is 2.29. The lowest BCUT2D eigenvalue weighted by molar-refractivity contribution is -0.130. The zero-order valence-electron chi connectivity index (χ0n) is 21.2. The average Bonchev–Trinajstić information content (AvgIpc) is 3.45. The normalized spacial score (nSPS) is 16.9. The summed E-state index contributed by atoms with van der Waals surface area (Å²) in [5, 5.41) is 7.71. The molecule has 0 radical (unpaired) electrons. The van der Waals surface area contributed by atoms with Crippen LogP contribution in [-0.4, -0.2) is 62.7 Å². The molecule has 2 N–H and O–H groups in total. The molecule has 0 saturated carbocycles. The third-order valence-corrected chi connectivity index (χ3v) is 7.78. The van der Waals surface area contributed by atoms with Crippen molar-refractivity contribution < 1.29 is 19.1 Å². The molecular formula is C28H35Cl2N3O4. The summed E-state index contributed by atoms with van der Waals surface area (Å²) in [7, 11) is 1.56. The molecule has 2 amide bonds. The molecule has 2 aliphatic heterocycles. The van der Waals surface area contributed by atoms with Crippen LogP contribution in [0.25, 0.3) is 0 Å². The number of hydrogen-bond donors (Lipinski definition) is 2. The number of amides is 2. The first kappa shape index (κ1) is 27.6. The van der Waals surface area contributed by atoms with Gasteiger partial charge in [-0.25, -0.2) is 0 Å². The van der Waals surface area contributed by atoms with Gasteiger partial charge in [-0.3, -0.25) is 9.59 Å². The summed E-state index contributed by atoms with van der Waals surface area (Å²) < 4.78 is 11.4. The van der Waals surface area contributed by atoms with E-state index in [9.17, 15) is 9.59 Å². The van der Waals surface area contributed by atoms with Gasteiger partial charge in [0.25, 0.3) is 5.91 Å². The van der Waals surface area contributed by atoms with Crippen molar-refractivity contribution in [2.24, 2.45) is 5.92 Å². The first-order valence-electron chi connectivity index (χ1n) is 13.0. The van der Waals surface area contributed by atoms with E-state index in [-0.39, 0.29) is 23.8 Å². The Morgan fingerprint density at radius 3 is 2.54 bits per heavy atom. The minimum atomic E-state index is -0.217. The maximum Gasteiger partial charge on any atom is 0.251 e. The van der Waals surface area contributed by atoms with Gasteiger partial charge < -0.3 is 25.0 Å². The van der Waals surface area contributed by atoms with E-state index in [2.05, 4.69) is 10.6 Å². The minimum Gasteiger partial charge on any atom is -0.493 e. The van der Waals surface area contributed by atoms with Gasteiger partial charge in [-0.2, -0.15) is 0 Å². The lowest BCUT2D eigenvalue weighted by atomic mass is 9.87. The molecular weight excluding hydrogens is 513 g/mol. The van der Waals surface area contributed by atoms with Crippen LogP contribution in [0.3, 0.4) is 0 Å². The fraction of sp³-hybridized carbons (Fsp3) is 0.500. The molecule has 37 heavy (non-hydrogen) atoms. The quantitative estimate of drug-likeness (QED) is 0.449. The van der Waals surface area contributed by atoms with Crippen molar-refractivity contribution in [1.29, 1.82) is 0 Å². The van der Waals surface area contributed by atoms with Gasteiger partial charge in [-0.1, -0.05) is 29.3 Å². The Labute approximate surface area is 228 Å². The summed E-state index contributed by atoms with van der Waals surface area (Å²) in [6.07, 6.45) is 4.87. The van der Waals surface area contributed by atoms with E-state index < -0.39 is 0 Å². The van der Waals surface area contributed by atoms with E-state index in [1.165, 1.54) is 0 Å². The Bertz CT molecular complexity index is 1090. The second-order valence-corrected chi connectivity index (χ2v) is 10.5. The summed E-state index contributed by atoms with van der Waals surface area (Å²) in [5.41, 5.74) is 1.39. The Morgan fingerprint density at radius 2 is 1.84 bits per heavy atom. The summed E-state index contributed by atoms with van der Waals surface area (Å²) in [4.78, 5) is 28.2. The molecule has 0 spiro atoms. The fourth-order valence-electron chi connectivity index (χ4n) is 5.04. The highest BCUT2D eigenvalue weighted by atomic mass is 35.5. The van der Waals surface area contributed by atoms with E-state index in [0.29, 0.717) is 46.6 Å². The Hall–Kier alpha value is -2.48. The fourth-order valence-corrected chi connectivity index (χ4v) is 5.55. The molecule has 0 bridgehead atoms. The molecule has 2 aromatic carbocycles. The second-order valence-electron chi connectivity index (χ2n) is 9.66. The monoisotopic (exact) mass is 547 g/mol. The highest BCUT2D eigenvalue weighted by molar-refractivity contribution is 6.35. The summed E-state index contributed by atoms with van der Waals surface area (Å²) in [6, 6.07) is 10.3. The number of nitrogens with one attached hydrogen (secondary N) is 2. The Kier molecular flexibility index (Phi) is 9.95. The van der Waals surface area contributed by atoms with Crippen molar-refractivity contribution in [2.75, 3.05) is 39.9 Å². The number of rotatable bonds is 10. The number of likely N-dealkylation sites (tertiary alicyclic amines) is 1. The van der Waals surface area contributed by atoms with Crippen LogP contribution in [0.2, 0.25) is 10.0 Å². The molecule has 1 unspecified atom stereocenters. The second kappa shape index (κ2) is 13.4. The largest absolute Gasteiger partial charge is 0.493 e. The molecule has 9 heteroatoms. The molecule has 200 valence electrons. The van der Waals surface area contributed by atoms with Crippen LogP contribution < -0.4 is 20.1 Å². The number of carbonyl (C=O) groups excluding carboxylic acids is 2. The van der Waals surface area contributed by atoms with Crippen LogP contribution in [0, 0.1) is 5.92 Å². The number of nitrogens with zero attached hydrogens (tertiary/aromatic N) is 1. The van der Waals surface area contributed by atoms with E-state index in [0.717, 1.165) is 57.4 Å². The molecule has 2 heterocycles. The van der Waals surface area contributed by atoms with Crippen molar-refractivity contribution in [2.45, 2.75) is 44.6 Å². The molecule has 7 nitrogen and oxygen atoms in total. The summed E-state index contributed by atoms with van der Waals surface area (Å²) >= 11 is 12.3. The number of hydrogen-bond acceptors (Lipinski definition) is 5. The zero-order chi connectivity index (χ0) is 26.2. The molecule has 2 aliphatic rings. The zero-order valence-corrected chi connectivity index (χ0v) is 22.7. The number of methoxy groups -OCH3 is 1. The highest BCUT2D eigenvalue weighted by Gasteiger charge is 2.30. The molecule has 4 rings (SSSR count). The predicted molar refractivity (Wildman–Crippen MR) is 146 cm³/mol. The number of carbonyl (C=O) groups is 2. The van der Waals surface area contributed by atoms with Crippen molar-refractivity contribution in [3.8, 4) is 11.5 Å². The van der Waals surface area contributed by atoms with E-state index in [1.807, 2.05) is 11.0 Å². The van der Waals surface area contributed by atoms with Gasteiger partial charge in [0.2, 0.25) is 5.91 Å². The third-order valence-electron chi connectivity index (χ3n) is 7.19. The van der Waals surface area contributed by atoms with Crippen LogP contribution in [0.5, 0.6) is 11.5 Å². The molecule has 0 aliphatic carbocycles. The number of benzene rings is 2.